The molecule has 0 saturated heterocycles. The van der Waals surface area contributed by atoms with Crippen LogP contribution in [0.2, 0.25) is 0 Å². The number of carbonyl (C=O) groups excluding carboxylic acids is 1. The first-order valence-electron chi connectivity index (χ1n) is 6.38. The number of aliphatic hydroxyl groups excluding tert-OH is 1. The lowest BCUT2D eigenvalue weighted by atomic mass is 9.93. The van der Waals surface area contributed by atoms with E-state index >= 15 is 0 Å². The summed E-state index contributed by atoms with van der Waals surface area (Å²) >= 11 is 0. The largest absolute Gasteiger partial charge is 0.495 e. The molecule has 1 rings (SSSR count). The molecule has 0 radical (unpaired) electrons. The van der Waals surface area contributed by atoms with Crippen LogP contribution in [-0.4, -0.2) is 30.3 Å². The fraction of sp³-hybridized carbons (Fsp3) is 0.500. The van der Waals surface area contributed by atoms with Gasteiger partial charge >= 0.3 is 0 Å². The van der Waals surface area contributed by atoms with Crippen LogP contribution >= 0.6 is 0 Å². The number of anilines is 1. The summed E-state index contributed by atoms with van der Waals surface area (Å²) in [4.78, 5) is 12.2. The molecule has 0 fully saturated rings. The number of ether oxygens (including phenoxy) is 1. The maximum Gasteiger partial charge on any atom is 0.251 e. The second-order valence-corrected chi connectivity index (χ2v) is 4.56. The molecule has 0 aliphatic carbocycles. The normalized spacial score (nSPS) is 11.2. The van der Waals surface area contributed by atoms with Gasteiger partial charge in [0.1, 0.15) is 5.75 Å². The number of rotatable bonds is 6. The fourth-order valence-electron chi connectivity index (χ4n) is 1.88. The number of nitrogens with two attached hydrogens (primary N) is 1. The van der Waals surface area contributed by atoms with Crippen LogP contribution in [0, 0.1) is 0 Å². The summed E-state index contributed by atoms with van der Waals surface area (Å²) in [6.07, 6.45) is 1.33. The Balaban J connectivity index is 2.92. The molecule has 0 saturated carbocycles. The minimum absolute atomic E-state index is 0.0859. The van der Waals surface area contributed by atoms with Crippen LogP contribution in [0.4, 0.5) is 5.69 Å². The van der Waals surface area contributed by atoms with Crippen molar-refractivity contribution in [2.24, 2.45) is 0 Å². The second-order valence-electron chi connectivity index (χ2n) is 4.56. The number of hydrogen-bond acceptors (Lipinski definition) is 4. The molecule has 106 valence electrons. The summed E-state index contributed by atoms with van der Waals surface area (Å²) in [7, 11) is 1.52. The van der Waals surface area contributed by atoms with Gasteiger partial charge in [0.05, 0.1) is 24.9 Å². The Labute approximate surface area is 113 Å². The van der Waals surface area contributed by atoms with Gasteiger partial charge in [-0.1, -0.05) is 13.8 Å². The first kappa shape index (κ1) is 15.3. The highest BCUT2D eigenvalue weighted by molar-refractivity contribution is 5.96. The van der Waals surface area contributed by atoms with Crippen molar-refractivity contribution >= 4 is 11.6 Å². The molecule has 0 aliphatic heterocycles. The van der Waals surface area contributed by atoms with Crippen molar-refractivity contribution in [1.82, 2.24) is 5.32 Å². The maximum absolute atomic E-state index is 12.2. The molecule has 0 unspecified atom stereocenters. The van der Waals surface area contributed by atoms with Gasteiger partial charge in [-0.2, -0.15) is 0 Å². The summed E-state index contributed by atoms with van der Waals surface area (Å²) in [5, 5.41) is 12.3. The van der Waals surface area contributed by atoms with E-state index in [1.165, 1.54) is 7.11 Å². The van der Waals surface area contributed by atoms with Crippen LogP contribution in [-0.2, 0) is 0 Å². The molecular formula is C14H22N2O3. The number of carbonyl (C=O) groups is 1. The topological polar surface area (TPSA) is 84.6 Å². The minimum atomic E-state index is -0.578. The molecule has 0 aliphatic rings. The van der Waals surface area contributed by atoms with Crippen LogP contribution in [0.25, 0.3) is 0 Å². The van der Waals surface area contributed by atoms with Crippen molar-refractivity contribution in [2.45, 2.75) is 32.2 Å². The monoisotopic (exact) mass is 266 g/mol. The summed E-state index contributed by atoms with van der Waals surface area (Å²) < 4.78 is 5.05. The number of amides is 1. The smallest absolute Gasteiger partial charge is 0.251 e. The molecule has 1 amide bonds. The second kappa shape index (κ2) is 6.43. The molecule has 0 heterocycles. The van der Waals surface area contributed by atoms with Gasteiger partial charge in [-0.25, -0.2) is 0 Å². The van der Waals surface area contributed by atoms with Gasteiger partial charge in [0.15, 0.2) is 0 Å². The Bertz CT molecular complexity index is 434. The lowest BCUT2D eigenvalue weighted by Crippen LogP contribution is -2.50. The van der Waals surface area contributed by atoms with Crippen LogP contribution in [0.1, 0.15) is 37.0 Å². The molecule has 1 aromatic carbocycles. The van der Waals surface area contributed by atoms with Crippen molar-refractivity contribution in [1.29, 1.82) is 0 Å². The van der Waals surface area contributed by atoms with E-state index in [2.05, 4.69) is 5.32 Å². The lowest BCUT2D eigenvalue weighted by molar-refractivity contribution is 0.0818. The molecule has 0 bridgehead atoms. The number of benzene rings is 1. The third kappa shape index (κ3) is 3.38. The van der Waals surface area contributed by atoms with Gasteiger partial charge in [0, 0.05) is 5.56 Å². The van der Waals surface area contributed by atoms with Crippen LogP contribution in [0.5, 0.6) is 5.75 Å². The van der Waals surface area contributed by atoms with E-state index < -0.39 is 5.54 Å². The van der Waals surface area contributed by atoms with Crippen LogP contribution in [0.3, 0.4) is 0 Å². The third-order valence-electron chi connectivity index (χ3n) is 3.53. The van der Waals surface area contributed by atoms with E-state index in [9.17, 15) is 9.90 Å². The average Bonchev–Trinajstić information content (AvgIpc) is 2.44. The molecular weight excluding hydrogens is 244 g/mol. The molecule has 0 atom stereocenters. The molecule has 5 heteroatoms. The molecule has 4 N–H and O–H groups in total. The van der Waals surface area contributed by atoms with Crippen molar-refractivity contribution in [2.75, 3.05) is 19.5 Å². The van der Waals surface area contributed by atoms with Gasteiger partial charge in [0.2, 0.25) is 0 Å². The Morgan fingerprint density at radius 2 is 2.05 bits per heavy atom. The molecule has 0 spiro atoms. The maximum atomic E-state index is 12.2. The quantitative estimate of drug-likeness (QED) is 0.682. The highest BCUT2D eigenvalue weighted by Crippen LogP contribution is 2.22. The highest BCUT2D eigenvalue weighted by Gasteiger charge is 2.27. The summed E-state index contributed by atoms with van der Waals surface area (Å²) in [5.41, 5.74) is 6.07. The zero-order valence-corrected chi connectivity index (χ0v) is 11.7. The van der Waals surface area contributed by atoms with E-state index in [4.69, 9.17) is 10.5 Å². The summed E-state index contributed by atoms with van der Waals surface area (Å²) in [6, 6.07) is 4.88. The van der Waals surface area contributed by atoms with E-state index in [-0.39, 0.29) is 12.5 Å². The molecule has 0 aromatic heterocycles. The molecule has 5 nitrogen and oxygen atoms in total. The molecule has 1 aromatic rings. The average molecular weight is 266 g/mol. The third-order valence-corrected chi connectivity index (χ3v) is 3.53. The molecule has 19 heavy (non-hydrogen) atoms. The van der Waals surface area contributed by atoms with Crippen molar-refractivity contribution in [3.05, 3.63) is 23.8 Å². The van der Waals surface area contributed by atoms with E-state index in [0.717, 1.165) is 0 Å². The van der Waals surface area contributed by atoms with Crippen molar-refractivity contribution in [3.8, 4) is 5.75 Å². The van der Waals surface area contributed by atoms with Gasteiger partial charge in [0.25, 0.3) is 5.91 Å². The Morgan fingerprint density at radius 1 is 1.42 bits per heavy atom. The van der Waals surface area contributed by atoms with E-state index in [1.54, 1.807) is 18.2 Å². The Kier molecular flexibility index (Phi) is 5.18. The number of nitrogens with one attached hydrogen (secondary N) is 1. The van der Waals surface area contributed by atoms with Gasteiger partial charge < -0.3 is 20.9 Å². The van der Waals surface area contributed by atoms with Crippen molar-refractivity contribution < 1.29 is 14.6 Å². The number of methoxy groups -OCH3 is 1. The first-order chi connectivity index (χ1) is 9.01. The lowest BCUT2D eigenvalue weighted by Gasteiger charge is -2.30. The van der Waals surface area contributed by atoms with Crippen LogP contribution in [0.15, 0.2) is 18.2 Å². The van der Waals surface area contributed by atoms with E-state index in [0.29, 0.717) is 29.8 Å². The Morgan fingerprint density at radius 3 is 2.47 bits per heavy atom. The SMILES string of the molecule is CCC(CC)(CO)NC(=O)c1ccc(OC)c(N)c1. The standard InChI is InChI=1S/C14H22N2O3/c1-4-14(5-2,9-17)16-13(18)10-6-7-12(19-3)11(15)8-10/h6-8,17H,4-5,9,15H2,1-3H3,(H,16,18). The highest BCUT2D eigenvalue weighted by atomic mass is 16.5. The van der Waals surface area contributed by atoms with Gasteiger partial charge in [-0.05, 0) is 31.0 Å². The Hall–Kier alpha value is -1.75. The first-order valence-corrected chi connectivity index (χ1v) is 6.38. The van der Waals surface area contributed by atoms with Crippen LogP contribution < -0.4 is 15.8 Å². The minimum Gasteiger partial charge on any atom is -0.495 e. The predicted molar refractivity (Wildman–Crippen MR) is 75.3 cm³/mol. The predicted octanol–water partition coefficient (Wildman–Crippen LogP) is 1.56. The van der Waals surface area contributed by atoms with Gasteiger partial charge in [-0.3, -0.25) is 4.79 Å². The zero-order valence-electron chi connectivity index (χ0n) is 11.7. The number of aliphatic hydroxyl groups is 1. The summed E-state index contributed by atoms with van der Waals surface area (Å²) in [6.45, 7) is 3.78. The number of nitrogen functional groups attached to an aromatic ring is 1. The number of hydrogen-bond donors (Lipinski definition) is 3. The van der Waals surface area contributed by atoms with Gasteiger partial charge in [-0.15, -0.1) is 0 Å². The van der Waals surface area contributed by atoms with E-state index in [1.807, 2.05) is 13.8 Å². The zero-order chi connectivity index (χ0) is 14.5. The fourth-order valence-corrected chi connectivity index (χ4v) is 1.88. The summed E-state index contributed by atoms with van der Waals surface area (Å²) in [5.74, 6) is 0.294. The van der Waals surface area contributed by atoms with Crippen molar-refractivity contribution in [3.63, 3.8) is 0 Å².